The van der Waals surface area contributed by atoms with Crippen LogP contribution in [0.25, 0.3) is 5.69 Å². The molecule has 4 nitrogen and oxygen atoms in total. The standard InChI is InChI=1S/C15H13N3OS/c19-15(16-11-14-3-1-10-20-14)12-4-6-13(7-5-12)18-9-2-8-17-18/h1-10H,11H2,(H,16,19). The summed E-state index contributed by atoms with van der Waals surface area (Å²) in [7, 11) is 0. The normalized spacial score (nSPS) is 10.4. The van der Waals surface area contributed by atoms with Gasteiger partial charge in [-0.05, 0) is 41.8 Å². The van der Waals surface area contributed by atoms with E-state index in [9.17, 15) is 4.79 Å². The molecule has 3 aromatic rings. The van der Waals surface area contributed by atoms with E-state index >= 15 is 0 Å². The van der Waals surface area contributed by atoms with Crippen LogP contribution in [0.2, 0.25) is 0 Å². The summed E-state index contributed by atoms with van der Waals surface area (Å²) in [5.41, 5.74) is 1.59. The van der Waals surface area contributed by atoms with Gasteiger partial charge in [0.25, 0.3) is 5.91 Å². The third-order valence-electron chi connectivity index (χ3n) is 2.90. The molecule has 3 rings (SSSR count). The molecule has 1 N–H and O–H groups in total. The molecular formula is C15H13N3OS. The SMILES string of the molecule is O=C(NCc1cccs1)c1ccc(-n2cccn2)cc1. The summed E-state index contributed by atoms with van der Waals surface area (Å²) in [6.07, 6.45) is 3.59. The van der Waals surface area contributed by atoms with Crippen molar-refractivity contribution in [3.05, 3.63) is 70.7 Å². The number of carbonyl (C=O) groups excluding carboxylic acids is 1. The van der Waals surface area contributed by atoms with E-state index in [2.05, 4.69) is 10.4 Å². The molecule has 0 bridgehead atoms. The van der Waals surface area contributed by atoms with E-state index in [-0.39, 0.29) is 5.91 Å². The molecule has 100 valence electrons. The first-order chi connectivity index (χ1) is 9.83. The molecule has 2 heterocycles. The van der Waals surface area contributed by atoms with Gasteiger partial charge in [0.1, 0.15) is 0 Å². The highest BCUT2D eigenvalue weighted by Gasteiger charge is 2.06. The number of carbonyl (C=O) groups is 1. The first-order valence-corrected chi connectivity index (χ1v) is 7.11. The first kappa shape index (κ1) is 12.6. The topological polar surface area (TPSA) is 46.9 Å². The highest BCUT2D eigenvalue weighted by atomic mass is 32.1. The van der Waals surface area contributed by atoms with Crippen LogP contribution in [0, 0.1) is 0 Å². The molecule has 0 unspecified atom stereocenters. The monoisotopic (exact) mass is 283 g/mol. The number of hydrogen-bond donors (Lipinski definition) is 1. The summed E-state index contributed by atoms with van der Waals surface area (Å²) in [5.74, 6) is -0.0644. The second-order valence-corrected chi connectivity index (χ2v) is 5.29. The van der Waals surface area contributed by atoms with Gasteiger partial charge in [-0.25, -0.2) is 4.68 Å². The van der Waals surface area contributed by atoms with Gasteiger partial charge >= 0.3 is 0 Å². The molecule has 2 aromatic heterocycles. The lowest BCUT2D eigenvalue weighted by Crippen LogP contribution is -2.22. The smallest absolute Gasteiger partial charge is 0.251 e. The molecule has 1 amide bonds. The van der Waals surface area contributed by atoms with Crippen molar-refractivity contribution in [1.82, 2.24) is 15.1 Å². The Morgan fingerprint density at radius 3 is 2.70 bits per heavy atom. The van der Waals surface area contributed by atoms with Crippen LogP contribution in [0.15, 0.2) is 60.2 Å². The van der Waals surface area contributed by atoms with Crippen LogP contribution in [0.4, 0.5) is 0 Å². The zero-order valence-corrected chi connectivity index (χ0v) is 11.5. The van der Waals surface area contributed by atoms with E-state index in [1.54, 1.807) is 34.3 Å². The van der Waals surface area contributed by atoms with Crippen LogP contribution in [0.5, 0.6) is 0 Å². The molecular weight excluding hydrogens is 270 g/mol. The van der Waals surface area contributed by atoms with Crippen molar-refractivity contribution < 1.29 is 4.79 Å². The summed E-state index contributed by atoms with van der Waals surface area (Å²) in [4.78, 5) is 13.2. The van der Waals surface area contributed by atoms with Crippen LogP contribution >= 0.6 is 11.3 Å². The summed E-state index contributed by atoms with van der Waals surface area (Å²) in [6.45, 7) is 0.567. The average Bonchev–Trinajstić information content (AvgIpc) is 3.18. The van der Waals surface area contributed by atoms with E-state index < -0.39 is 0 Å². The summed E-state index contributed by atoms with van der Waals surface area (Å²) in [6, 6.07) is 13.2. The third-order valence-corrected chi connectivity index (χ3v) is 3.78. The molecule has 5 heteroatoms. The molecule has 0 aliphatic carbocycles. The highest BCUT2D eigenvalue weighted by molar-refractivity contribution is 7.09. The molecule has 0 saturated carbocycles. The lowest BCUT2D eigenvalue weighted by molar-refractivity contribution is 0.0951. The zero-order chi connectivity index (χ0) is 13.8. The maximum atomic E-state index is 12.0. The predicted molar refractivity (Wildman–Crippen MR) is 79.1 cm³/mol. The molecule has 1 aromatic carbocycles. The van der Waals surface area contributed by atoms with Crippen molar-refractivity contribution in [1.29, 1.82) is 0 Å². The predicted octanol–water partition coefficient (Wildman–Crippen LogP) is 2.86. The van der Waals surface area contributed by atoms with Crippen molar-refractivity contribution >= 4 is 17.2 Å². The molecule has 0 atom stereocenters. The van der Waals surface area contributed by atoms with Crippen molar-refractivity contribution in [2.75, 3.05) is 0 Å². The molecule has 0 aliphatic rings. The summed E-state index contributed by atoms with van der Waals surface area (Å²) < 4.78 is 1.76. The van der Waals surface area contributed by atoms with Crippen molar-refractivity contribution in [3.63, 3.8) is 0 Å². The van der Waals surface area contributed by atoms with Gasteiger partial charge in [0, 0.05) is 22.8 Å². The van der Waals surface area contributed by atoms with Crippen LogP contribution in [0.3, 0.4) is 0 Å². The number of amides is 1. The highest BCUT2D eigenvalue weighted by Crippen LogP contribution is 2.10. The fraction of sp³-hybridized carbons (Fsp3) is 0.0667. The van der Waals surface area contributed by atoms with Crippen LogP contribution in [-0.2, 0) is 6.54 Å². The number of thiophene rings is 1. The Bertz CT molecular complexity index is 673. The summed E-state index contributed by atoms with van der Waals surface area (Å²) >= 11 is 1.63. The van der Waals surface area contributed by atoms with Gasteiger partial charge in [-0.15, -0.1) is 11.3 Å². The Morgan fingerprint density at radius 1 is 1.20 bits per heavy atom. The Morgan fingerprint density at radius 2 is 2.05 bits per heavy atom. The molecule has 0 radical (unpaired) electrons. The van der Waals surface area contributed by atoms with E-state index in [0.717, 1.165) is 10.6 Å². The van der Waals surface area contributed by atoms with Gasteiger partial charge in [0.05, 0.1) is 12.2 Å². The van der Waals surface area contributed by atoms with Crippen molar-refractivity contribution in [2.24, 2.45) is 0 Å². The second-order valence-electron chi connectivity index (χ2n) is 4.26. The van der Waals surface area contributed by atoms with Gasteiger partial charge < -0.3 is 5.32 Å². The Kier molecular flexibility index (Phi) is 3.60. The summed E-state index contributed by atoms with van der Waals surface area (Å²) in [5, 5.41) is 9.05. The van der Waals surface area contributed by atoms with Gasteiger partial charge in [0.2, 0.25) is 0 Å². The van der Waals surface area contributed by atoms with Gasteiger partial charge in [-0.3, -0.25) is 4.79 Å². The molecule has 0 aliphatic heterocycles. The minimum atomic E-state index is -0.0644. The first-order valence-electron chi connectivity index (χ1n) is 6.23. The fourth-order valence-corrected chi connectivity index (χ4v) is 2.51. The van der Waals surface area contributed by atoms with E-state index in [4.69, 9.17) is 0 Å². The lowest BCUT2D eigenvalue weighted by Gasteiger charge is -2.05. The maximum Gasteiger partial charge on any atom is 0.251 e. The Hall–Kier alpha value is -2.40. The zero-order valence-electron chi connectivity index (χ0n) is 10.7. The third kappa shape index (κ3) is 2.78. The number of nitrogens with zero attached hydrogens (tertiary/aromatic N) is 2. The van der Waals surface area contributed by atoms with Crippen LogP contribution < -0.4 is 5.32 Å². The van der Waals surface area contributed by atoms with Crippen LogP contribution in [-0.4, -0.2) is 15.7 Å². The quantitative estimate of drug-likeness (QED) is 0.800. The fourth-order valence-electron chi connectivity index (χ4n) is 1.87. The van der Waals surface area contributed by atoms with Crippen molar-refractivity contribution in [2.45, 2.75) is 6.54 Å². The lowest BCUT2D eigenvalue weighted by atomic mass is 10.2. The molecule has 0 fully saturated rings. The van der Waals surface area contributed by atoms with E-state index in [1.165, 1.54) is 0 Å². The average molecular weight is 283 g/mol. The Labute approximate surface area is 120 Å². The number of hydrogen-bond acceptors (Lipinski definition) is 3. The second kappa shape index (κ2) is 5.71. The van der Waals surface area contributed by atoms with Gasteiger partial charge in [-0.1, -0.05) is 6.07 Å². The molecule has 20 heavy (non-hydrogen) atoms. The number of benzene rings is 1. The van der Waals surface area contributed by atoms with E-state index in [1.807, 2.05) is 41.9 Å². The van der Waals surface area contributed by atoms with Crippen molar-refractivity contribution in [3.8, 4) is 5.69 Å². The minimum absolute atomic E-state index is 0.0644. The van der Waals surface area contributed by atoms with Gasteiger partial charge in [-0.2, -0.15) is 5.10 Å². The largest absolute Gasteiger partial charge is 0.347 e. The number of nitrogens with one attached hydrogen (secondary N) is 1. The minimum Gasteiger partial charge on any atom is -0.347 e. The molecule has 0 saturated heterocycles. The maximum absolute atomic E-state index is 12.0. The number of aromatic nitrogens is 2. The van der Waals surface area contributed by atoms with Gasteiger partial charge in [0.15, 0.2) is 0 Å². The molecule has 0 spiro atoms. The Balaban J connectivity index is 1.66. The van der Waals surface area contributed by atoms with Crippen LogP contribution in [0.1, 0.15) is 15.2 Å². The van der Waals surface area contributed by atoms with E-state index in [0.29, 0.717) is 12.1 Å². The number of rotatable bonds is 4.